The zero-order valence-electron chi connectivity index (χ0n) is 13.9. The zero-order chi connectivity index (χ0) is 18.4. The van der Waals surface area contributed by atoms with E-state index in [1.807, 2.05) is 0 Å². The van der Waals surface area contributed by atoms with Gasteiger partial charge in [-0.1, -0.05) is 13.8 Å². The summed E-state index contributed by atoms with van der Waals surface area (Å²) in [6.45, 7) is 4.48. The van der Waals surface area contributed by atoms with Gasteiger partial charge in [0, 0.05) is 5.41 Å². The average molecular weight is 349 g/mol. The molecule has 2 aromatic rings. The quantitative estimate of drug-likeness (QED) is 0.532. The van der Waals surface area contributed by atoms with E-state index < -0.39 is 40.8 Å². The van der Waals surface area contributed by atoms with Crippen molar-refractivity contribution < 1.29 is 24.9 Å². The molecule has 2 aliphatic rings. The lowest BCUT2D eigenvalue weighted by Gasteiger charge is -2.29. The van der Waals surface area contributed by atoms with Crippen LogP contribution in [-0.4, -0.2) is 64.0 Å². The highest BCUT2D eigenvalue weighted by molar-refractivity contribution is 5.82. The van der Waals surface area contributed by atoms with Gasteiger partial charge in [-0.25, -0.2) is 15.0 Å². The van der Waals surface area contributed by atoms with Crippen molar-refractivity contribution in [3.63, 3.8) is 0 Å². The molecule has 0 aromatic carbocycles. The summed E-state index contributed by atoms with van der Waals surface area (Å²) in [4.78, 5) is 23.7. The first-order valence-corrected chi connectivity index (χ1v) is 7.80. The molecule has 5 atom stereocenters. The average Bonchev–Trinajstić information content (AvgIpc) is 2.93. The van der Waals surface area contributed by atoms with Crippen LogP contribution in [0.5, 0.6) is 0 Å². The number of Topliss-reactive ketones (excluding diaryl/α,β-unsaturated/α-hetero) is 1. The topological polar surface area (TPSA) is 157 Å². The van der Waals surface area contributed by atoms with Gasteiger partial charge < -0.3 is 25.8 Å². The first kappa shape index (κ1) is 16.3. The summed E-state index contributed by atoms with van der Waals surface area (Å²) < 4.78 is 7.16. The van der Waals surface area contributed by atoms with Crippen LogP contribution >= 0.6 is 0 Å². The minimum atomic E-state index is -1.80. The van der Waals surface area contributed by atoms with E-state index in [2.05, 4.69) is 15.0 Å². The zero-order valence-corrected chi connectivity index (χ0v) is 13.9. The number of aromatic nitrogens is 4. The van der Waals surface area contributed by atoms with Crippen LogP contribution in [0.25, 0.3) is 11.2 Å². The van der Waals surface area contributed by atoms with Crippen molar-refractivity contribution in [3.05, 3.63) is 12.7 Å². The molecule has 0 bridgehead atoms. The summed E-state index contributed by atoms with van der Waals surface area (Å²) in [5, 5.41) is 32.4. The van der Waals surface area contributed by atoms with Crippen molar-refractivity contribution in [1.82, 2.24) is 19.5 Å². The Kier molecular flexibility index (Phi) is 2.96. The SMILES string of the molecule is CC(=O)C(O)[C@H]1O[C@@H](n2cnc3c(N)ncnc32)[C@]2(O)C(C)(C)[C@]12O. The van der Waals surface area contributed by atoms with Gasteiger partial charge in [0.05, 0.1) is 6.33 Å². The predicted molar refractivity (Wildman–Crippen MR) is 84.0 cm³/mol. The van der Waals surface area contributed by atoms with Gasteiger partial charge in [-0.3, -0.25) is 9.36 Å². The molecule has 3 heterocycles. The molecule has 0 spiro atoms. The fourth-order valence-corrected chi connectivity index (χ4v) is 4.13. The lowest BCUT2D eigenvalue weighted by atomic mass is 9.96. The fraction of sp³-hybridized carbons (Fsp3) is 0.600. The highest BCUT2D eigenvalue weighted by atomic mass is 16.6. The van der Waals surface area contributed by atoms with Crippen molar-refractivity contribution in [3.8, 4) is 0 Å². The third-order valence-electron chi connectivity index (χ3n) is 5.81. The molecule has 5 N–H and O–H groups in total. The van der Waals surface area contributed by atoms with E-state index in [1.54, 1.807) is 13.8 Å². The number of carbonyl (C=O) groups is 1. The summed E-state index contributed by atoms with van der Waals surface area (Å²) in [7, 11) is 0. The largest absolute Gasteiger partial charge is 0.383 e. The molecule has 4 rings (SSSR count). The van der Waals surface area contributed by atoms with Crippen LogP contribution in [0.15, 0.2) is 12.7 Å². The number of nitrogen functional groups attached to an aromatic ring is 1. The van der Waals surface area contributed by atoms with E-state index in [0.29, 0.717) is 11.2 Å². The summed E-state index contributed by atoms with van der Waals surface area (Å²) in [5.74, 6) is -0.398. The first-order valence-electron chi connectivity index (χ1n) is 7.80. The number of imidazole rings is 1. The third-order valence-corrected chi connectivity index (χ3v) is 5.81. The van der Waals surface area contributed by atoms with Gasteiger partial charge in [0.25, 0.3) is 0 Å². The van der Waals surface area contributed by atoms with Gasteiger partial charge in [0.2, 0.25) is 0 Å². The number of rotatable bonds is 3. The molecule has 0 radical (unpaired) electrons. The second-order valence-corrected chi connectivity index (χ2v) is 7.21. The van der Waals surface area contributed by atoms with Crippen LogP contribution < -0.4 is 5.73 Å². The Bertz CT molecular complexity index is 898. The maximum atomic E-state index is 11.6. The van der Waals surface area contributed by atoms with Crippen LogP contribution in [0.2, 0.25) is 0 Å². The Balaban J connectivity index is 1.86. The van der Waals surface area contributed by atoms with Crippen molar-refractivity contribution in [2.45, 2.75) is 50.4 Å². The molecule has 134 valence electrons. The van der Waals surface area contributed by atoms with Crippen LogP contribution in [0.4, 0.5) is 5.82 Å². The number of aliphatic hydroxyl groups is 3. The van der Waals surface area contributed by atoms with Crippen molar-refractivity contribution in [2.75, 3.05) is 5.73 Å². The molecule has 1 aliphatic heterocycles. The fourth-order valence-electron chi connectivity index (χ4n) is 4.13. The lowest BCUT2D eigenvalue weighted by molar-refractivity contribution is -0.159. The molecular formula is C15H19N5O5. The second kappa shape index (κ2) is 4.52. The minimum absolute atomic E-state index is 0.166. The number of nitrogens with zero attached hydrogens (tertiary/aromatic N) is 4. The molecule has 2 fully saturated rings. The highest BCUT2D eigenvalue weighted by Crippen LogP contribution is 2.75. The van der Waals surface area contributed by atoms with Gasteiger partial charge in [0.15, 0.2) is 23.5 Å². The number of hydrogen-bond acceptors (Lipinski definition) is 9. The maximum Gasteiger partial charge on any atom is 0.169 e. The number of ketones is 1. The second-order valence-electron chi connectivity index (χ2n) is 7.21. The molecule has 25 heavy (non-hydrogen) atoms. The molecule has 1 unspecified atom stereocenters. The summed E-state index contributed by atoms with van der Waals surface area (Å²) in [6, 6.07) is 0. The predicted octanol–water partition coefficient (Wildman–Crippen LogP) is -1.24. The van der Waals surface area contributed by atoms with E-state index in [-0.39, 0.29) is 5.82 Å². The Morgan fingerprint density at radius 1 is 1.32 bits per heavy atom. The lowest BCUT2D eigenvalue weighted by Crippen LogP contribution is -2.45. The Morgan fingerprint density at radius 3 is 2.64 bits per heavy atom. The number of carbonyl (C=O) groups excluding carboxylic acids is 1. The first-order chi connectivity index (χ1) is 11.6. The van der Waals surface area contributed by atoms with E-state index in [4.69, 9.17) is 10.5 Å². The van der Waals surface area contributed by atoms with Crippen molar-refractivity contribution in [2.24, 2.45) is 5.41 Å². The third kappa shape index (κ3) is 1.58. The van der Waals surface area contributed by atoms with Crippen LogP contribution in [0.3, 0.4) is 0 Å². The summed E-state index contributed by atoms with van der Waals surface area (Å²) >= 11 is 0. The molecule has 10 heteroatoms. The molecule has 1 saturated heterocycles. The van der Waals surface area contributed by atoms with Crippen molar-refractivity contribution >= 4 is 22.8 Å². The van der Waals surface area contributed by atoms with Gasteiger partial charge >= 0.3 is 0 Å². The molecule has 2 aromatic heterocycles. The van der Waals surface area contributed by atoms with Gasteiger partial charge in [-0.05, 0) is 6.92 Å². The number of anilines is 1. The molecular weight excluding hydrogens is 330 g/mol. The summed E-state index contributed by atoms with van der Waals surface area (Å²) in [5.41, 5.74) is 1.85. The molecule has 10 nitrogen and oxygen atoms in total. The molecule has 1 saturated carbocycles. The molecule has 1 aliphatic carbocycles. The minimum Gasteiger partial charge on any atom is -0.383 e. The Labute approximate surface area is 142 Å². The number of ether oxygens (including phenoxy) is 1. The Morgan fingerprint density at radius 2 is 2.00 bits per heavy atom. The summed E-state index contributed by atoms with van der Waals surface area (Å²) in [6.07, 6.45) is -1.34. The number of nitrogens with two attached hydrogens (primary N) is 1. The number of aliphatic hydroxyl groups excluding tert-OH is 1. The van der Waals surface area contributed by atoms with E-state index in [1.165, 1.54) is 24.1 Å². The van der Waals surface area contributed by atoms with Gasteiger partial charge in [-0.2, -0.15) is 0 Å². The van der Waals surface area contributed by atoms with E-state index >= 15 is 0 Å². The number of hydrogen-bond donors (Lipinski definition) is 4. The normalized spacial score (nSPS) is 37.0. The standard InChI is InChI=1S/C15H19N5O5/c1-6(21)8(22)9-14(23)13(2,3)15(14,24)12(25-9)20-5-19-7-10(16)17-4-18-11(7)20/h4-5,8-9,12,22-24H,1-3H3,(H2,16,17,18)/t8?,9-,12-,14-,15+/m1/s1. The van der Waals surface area contributed by atoms with Crippen molar-refractivity contribution in [1.29, 1.82) is 0 Å². The highest BCUT2D eigenvalue weighted by Gasteiger charge is 2.93. The monoisotopic (exact) mass is 349 g/mol. The Hall–Kier alpha value is -2.14. The van der Waals surface area contributed by atoms with Crippen LogP contribution in [-0.2, 0) is 9.53 Å². The molecule has 0 amide bonds. The van der Waals surface area contributed by atoms with E-state index in [9.17, 15) is 20.1 Å². The van der Waals surface area contributed by atoms with E-state index in [0.717, 1.165) is 0 Å². The van der Waals surface area contributed by atoms with Crippen LogP contribution in [0, 0.1) is 5.41 Å². The van der Waals surface area contributed by atoms with Gasteiger partial charge in [-0.15, -0.1) is 0 Å². The smallest absolute Gasteiger partial charge is 0.169 e. The maximum absolute atomic E-state index is 11.6. The number of fused-ring (bicyclic) bond motifs is 2. The van der Waals surface area contributed by atoms with Gasteiger partial charge in [0.1, 0.15) is 35.3 Å². The van der Waals surface area contributed by atoms with Crippen LogP contribution in [0.1, 0.15) is 27.0 Å².